The van der Waals surface area contributed by atoms with Gasteiger partial charge in [-0.15, -0.1) is 0 Å². The molecule has 0 fully saturated rings. The second-order valence-electron chi connectivity index (χ2n) is 6.48. The second kappa shape index (κ2) is 14.5. The van der Waals surface area contributed by atoms with Crippen molar-refractivity contribution in [3.05, 3.63) is 0 Å². The molecule has 0 saturated heterocycles. The first-order chi connectivity index (χ1) is 14.5. The molecule has 0 spiro atoms. The van der Waals surface area contributed by atoms with Crippen molar-refractivity contribution in [3.8, 4) is 0 Å². The van der Waals surface area contributed by atoms with E-state index in [2.05, 4.69) is 15.6 Å². The van der Waals surface area contributed by atoms with Crippen LogP contribution in [0.2, 0.25) is 0 Å². The van der Waals surface area contributed by atoms with E-state index in [0.717, 1.165) is 0 Å². The Morgan fingerprint density at radius 3 is 2.10 bits per heavy atom. The number of nitrogens with zero attached hydrogens (tertiary/aromatic N) is 1. The van der Waals surface area contributed by atoms with Gasteiger partial charge in [-0.3, -0.25) is 24.2 Å². The largest absolute Gasteiger partial charge is 0.480 e. The van der Waals surface area contributed by atoms with E-state index >= 15 is 0 Å². The Bertz CT molecular complexity index is 681. The van der Waals surface area contributed by atoms with E-state index in [9.17, 15) is 24.0 Å². The lowest BCUT2D eigenvalue weighted by Crippen LogP contribution is -2.54. The number of carboxylic acid groups (broad SMARTS) is 1. The van der Waals surface area contributed by atoms with Crippen LogP contribution in [0.3, 0.4) is 0 Å². The number of nitrogens with two attached hydrogens (primary N) is 4. The predicted octanol–water partition coefficient (Wildman–Crippen LogP) is -5.20. The minimum absolute atomic E-state index is 0.0849. The maximum atomic E-state index is 12.2. The van der Waals surface area contributed by atoms with E-state index in [4.69, 9.17) is 33.1 Å². The number of aliphatic hydroxyl groups excluding tert-OH is 1. The highest BCUT2D eigenvalue weighted by molar-refractivity contribution is 5.92. The molecule has 0 heterocycles. The molecule has 0 radical (unpaired) electrons. The van der Waals surface area contributed by atoms with Gasteiger partial charge in [0.05, 0.1) is 19.2 Å². The highest BCUT2D eigenvalue weighted by atomic mass is 16.4. The number of guanidine groups is 1. The number of carbonyl (C=O) groups excluding carboxylic acids is 4. The third-order valence-electron chi connectivity index (χ3n) is 3.86. The maximum Gasteiger partial charge on any atom is 0.328 e. The van der Waals surface area contributed by atoms with E-state index in [-0.39, 0.29) is 31.8 Å². The summed E-state index contributed by atoms with van der Waals surface area (Å²) in [6.07, 6.45) is 0.195. The van der Waals surface area contributed by atoms with Crippen LogP contribution in [0, 0.1) is 0 Å². The van der Waals surface area contributed by atoms with Gasteiger partial charge in [-0.2, -0.15) is 0 Å². The van der Waals surface area contributed by atoms with Crippen molar-refractivity contribution in [2.45, 2.75) is 43.8 Å². The van der Waals surface area contributed by atoms with Gasteiger partial charge in [-0.1, -0.05) is 0 Å². The second-order valence-corrected chi connectivity index (χ2v) is 6.48. The summed E-state index contributed by atoms with van der Waals surface area (Å²) in [5.41, 5.74) is 21.1. The molecule has 3 unspecified atom stereocenters. The quantitative estimate of drug-likeness (QED) is 0.0654. The molecule has 0 rings (SSSR count). The summed E-state index contributed by atoms with van der Waals surface area (Å²) in [5, 5.41) is 24.5. The van der Waals surface area contributed by atoms with Gasteiger partial charge in [0.2, 0.25) is 23.6 Å². The van der Waals surface area contributed by atoms with Crippen LogP contribution in [0.15, 0.2) is 4.99 Å². The molecule has 0 saturated carbocycles. The Hall–Kier alpha value is -3.46. The molecule has 3 atom stereocenters. The number of carbonyl (C=O) groups is 5. The maximum absolute atomic E-state index is 12.2. The molecule has 15 nitrogen and oxygen atoms in total. The molecule has 0 aromatic rings. The van der Waals surface area contributed by atoms with Crippen molar-refractivity contribution in [1.82, 2.24) is 16.0 Å². The first kappa shape index (κ1) is 27.5. The number of primary amides is 1. The molecule has 31 heavy (non-hydrogen) atoms. The molecule has 0 aliphatic heterocycles. The van der Waals surface area contributed by atoms with Crippen molar-refractivity contribution in [1.29, 1.82) is 0 Å². The Morgan fingerprint density at radius 2 is 1.58 bits per heavy atom. The monoisotopic (exact) mass is 446 g/mol. The summed E-state index contributed by atoms with van der Waals surface area (Å²) in [4.78, 5) is 61.9. The lowest BCUT2D eigenvalue weighted by atomic mass is 10.1. The highest BCUT2D eigenvalue weighted by Gasteiger charge is 2.26. The number of rotatable bonds is 15. The number of aliphatic imine (C=N–C) groups is 1. The number of aliphatic carboxylic acids is 1. The molecule has 4 amide bonds. The minimum atomic E-state index is -1.60. The van der Waals surface area contributed by atoms with Crippen LogP contribution >= 0.6 is 0 Å². The highest BCUT2D eigenvalue weighted by Crippen LogP contribution is 1.99. The summed E-state index contributed by atoms with van der Waals surface area (Å²) in [7, 11) is 0. The van der Waals surface area contributed by atoms with Gasteiger partial charge in [0, 0.05) is 13.0 Å². The van der Waals surface area contributed by atoms with E-state index in [1.54, 1.807) is 0 Å². The van der Waals surface area contributed by atoms with E-state index < -0.39 is 60.9 Å². The number of aliphatic hydroxyl groups is 1. The van der Waals surface area contributed by atoms with E-state index in [1.165, 1.54) is 0 Å². The predicted molar refractivity (Wildman–Crippen MR) is 108 cm³/mol. The van der Waals surface area contributed by atoms with Gasteiger partial charge < -0.3 is 49.1 Å². The number of hydrogen-bond acceptors (Lipinski definition) is 8. The summed E-state index contributed by atoms with van der Waals surface area (Å²) < 4.78 is 0. The van der Waals surface area contributed by atoms with Gasteiger partial charge in [0.25, 0.3) is 0 Å². The van der Waals surface area contributed by atoms with Crippen LogP contribution in [0.5, 0.6) is 0 Å². The molecular formula is C16H30N8O7. The molecular weight excluding hydrogens is 416 g/mol. The SMILES string of the molecule is NC(=O)CCC(NC(=O)CNC(=O)C(N)CCCN=C(N)N)C(=O)NC(CO)C(=O)O. The van der Waals surface area contributed by atoms with Crippen molar-refractivity contribution < 1.29 is 34.2 Å². The van der Waals surface area contributed by atoms with E-state index in [0.29, 0.717) is 6.42 Å². The van der Waals surface area contributed by atoms with Gasteiger partial charge >= 0.3 is 5.97 Å². The average molecular weight is 446 g/mol. The third-order valence-corrected chi connectivity index (χ3v) is 3.86. The molecule has 176 valence electrons. The molecule has 0 aromatic carbocycles. The van der Waals surface area contributed by atoms with Crippen LogP contribution in [0.4, 0.5) is 0 Å². The number of hydrogen-bond donors (Lipinski definition) is 9. The Balaban J connectivity index is 4.71. The van der Waals surface area contributed by atoms with Gasteiger partial charge in [0.15, 0.2) is 5.96 Å². The number of nitrogens with one attached hydrogen (secondary N) is 3. The van der Waals surface area contributed by atoms with Crippen LogP contribution in [0.1, 0.15) is 25.7 Å². The fraction of sp³-hybridized carbons (Fsp3) is 0.625. The fourth-order valence-corrected chi connectivity index (χ4v) is 2.21. The van der Waals surface area contributed by atoms with Crippen molar-refractivity contribution in [3.63, 3.8) is 0 Å². The summed E-state index contributed by atoms with van der Waals surface area (Å²) in [5.74, 6) is -4.68. The lowest BCUT2D eigenvalue weighted by Gasteiger charge is -2.20. The first-order valence-electron chi connectivity index (χ1n) is 9.28. The minimum Gasteiger partial charge on any atom is -0.480 e. The Labute approximate surface area is 178 Å². The zero-order valence-corrected chi connectivity index (χ0v) is 16.9. The van der Waals surface area contributed by atoms with Crippen LogP contribution < -0.4 is 38.9 Å². The van der Waals surface area contributed by atoms with Gasteiger partial charge in [-0.05, 0) is 19.3 Å². The average Bonchev–Trinajstić information content (AvgIpc) is 2.69. The van der Waals surface area contributed by atoms with Gasteiger partial charge in [-0.25, -0.2) is 4.79 Å². The molecule has 15 heteroatoms. The smallest absolute Gasteiger partial charge is 0.328 e. The Kier molecular flexibility index (Phi) is 12.9. The topological polar surface area (TPSA) is 278 Å². The molecule has 0 aliphatic rings. The van der Waals surface area contributed by atoms with Crippen molar-refractivity contribution >= 4 is 35.6 Å². The van der Waals surface area contributed by atoms with Crippen LogP contribution in [-0.4, -0.2) is 83.6 Å². The molecule has 13 N–H and O–H groups in total. The zero-order chi connectivity index (χ0) is 24.0. The summed E-state index contributed by atoms with van der Waals surface area (Å²) in [6, 6.07) is -3.84. The zero-order valence-electron chi connectivity index (χ0n) is 16.9. The number of amides is 4. The third kappa shape index (κ3) is 12.7. The van der Waals surface area contributed by atoms with Gasteiger partial charge in [0.1, 0.15) is 12.1 Å². The van der Waals surface area contributed by atoms with Crippen molar-refractivity contribution in [2.75, 3.05) is 19.7 Å². The summed E-state index contributed by atoms with van der Waals surface area (Å²) >= 11 is 0. The fourth-order valence-electron chi connectivity index (χ4n) is 2.21. The molecule has 0 aromatic heterocycles. The normalized spacial score (nSPS) is 13.2. The van der Waals surface area contributed by atoms with Crippen LogP contribution in [-0.2, 0) is 24.0 Å². The van der Waals surface area contributed by atoms with Crippen LogP contribution in [0.25, 0.3) is 0 Å². The summed E-state index contributed by atoms with van der Waals surface area (Å²) in [6.45, 7) is -1.12. The van der Waals surface area contributed by atoms with Crippen molar-refractivity contribution in [2.24, 2.45) is 27.9 Å². The Morgan fingerprint density at radius 1 is 0.935 bits per heavy atom. The molecule has 0 bridgehead atoms. The standard InChI is InChI=1S/C16H30N8O7/c17-8(2-1-5-21-16(19)20)13(28)22-6-12(27)23-9(3-4-11(18)26)14(29)24-10(7-25)15(30)31/h8-10,25H,1-7,17H2,(H2,18,26)(H,22,28)(H,23,27)(H,24,29)(H,30,31)(H4,19,20,21). The number of carboxylic acids is 1. The van der Waals surface area contributed by atoms with E-state index in [1.807, 2.05) is 5.32 Å². The molecule has 0 aliphatic carbocycles. The first-order valence-corrected chi connectivity index (χ1v) is 9.28. The lowest BCUT2D eigenvalue weighted by molar-refractivity contribution is -0.143.